The second kappa shape index (κ2) is 6.05. The Morgan fingerprint density at radius 1 is 1.35 bits per heavy atom. The quantitative estimate of drug-likeness (QED) is 0.830. The molecule has 0 spiro atoms. The van der Waals surface area contributed by atoms with Gasteiger partial charge in [0.2, 0.25) is 0 Å². The molecule has 1 aromatic heterocycles. The van der Waals surface area contributed by atoms with Crippen molar-refractivity contribution >= 4 is 39.0 Å². The van der Waals surface area contributed by atoms with Gasteiger partial charge in [0.05, 0.1) is 0 Å². The minimum atomic E-state index is 0.110. The van der Waals surface area contributed by atoms with Crippen molar-refractivity contribution in [2.45, 2.75) is 17.9 Å². The van der Waals surface area contributed by atoms with Crippen LogP contribution in [0.1, 0.15) is 16.5 Å². The lowest BCUT2D eigenvalue weighted by molar-refractivity contribution is 0.829. The van der Waals surface area contributed by atoms with Crippen molar-refractivity contribution in [2.24, 2.45) is 5.73 Å². The van der Waals surface area contributed by atoms with Gasteiger partial charge in [-0.15, -0.1) is 23.1 Å². The standard InChI is InChI=1S/C13H14BrNS2/c1-9-10(6-7-16-9)12(15)8-17-13-5-3-2-4-11(13)14/h2-7,12H,8,15H2,1H3. The fourth-order valence-electron chi connectivity index (χ4n) is 1.61. The highest BCUT2D eigenvalue weighted by atomic mass is 79.9. The van der Waals surface area contributed by atoms with E-state index in [1.807, 2.05) is 6.07 Å². The zero-order valence-electron chi connectivity index (χ0n) is 9.52. The van der Waals surface area contributed by atoms with Crippen molar-refractivity contribution in [1.29, 1.82) is 0 Å². The van der Waals surface area contributed by atoms with Crippen LogP contribution in [0.4, 0.5) is 0 Å². The van der Waals surface area contributed by atoms with Gasteiger partial charge in [0.15, 0.2) is 0 Å². The Morgan fingerprint density at radius 3 is 2.76 bits per heavy atom. The van der Waals surface area contributed by atoms with Gasteiger partial charge in [-0.05, 0) is 52.0 Å². The third-order valence-corrected chi connectivity index (χ3v) is 5.56. The van der Waals surface area contributed by atoms with Crippen LogP contribution >= 0.6 is 39.0 Å². The number of thioether (sulfide) groups is 1. The molecule has 0 aliphatic heterocycles. The SMILES string of the molecule is Cc1sccc1C(N)CSc1ccccc1Br. The van der Waals surface area contributed by atoms with Gasteiger partial charge in [-0.1, -0.05) is 12.1 Å². The summed E-state index contributed by atoms with van der Waals surface area (Å²) in [6.07, 6.45) is 0. The maximum absolute atomic E-state index is 6.21. The zero-order valence-corrected chi connectivity index (χ0v) is 12.7. The van der Waals surface area contributed by atoms with E-state index in [0.717, 1.165) is 10.2 Å². The number of rotatable bonds is 4. The van der Waals surface area contributed by atoms with Crippen molar-refractivity contribution in [3.05, 3.63) is 50.6 Å². The van der Waals surface area contributed by atoms with Crippen LogP contribution < -0.4 is 5.73 Å². The molecule has 2 rings (SSSR count). The number of benzene rings is 1. The fourth-order valence-corrected chi connectivity index (χ4v) is 3.93. The summed E-state index contributed by atoms with van der Waals surface area (Å²) >= 11 is 7.10. The number of aryl methyl sites for hydroxylation is 1. The molecule has 90 valence electrons. The molecule has 0 fully saturated rings. The predicted octanol–water partition coefficient (Wildman–Crippen LogP) is 4.61. The van der Waals surface area contributed by atoms with Crippen LogP contribution in [0.5, 0.6) is 0 Å². The summed E-state index contributed by atoms with van der Waals surface area (Å²) in [6.45, 7) is 2.13. The van der Waals surface area contributed by atoms with E-state index in [4.69, 9.17) is 5.73 Å². The van der Waals surface area contributed by atoms with E-state index >= 15 is 0 Å². The van der Waals surface area contributed by atoms with Crippen LogP contribution in [-0.4, -0.2) is 5.75 Å². The van der Waals surface area contributed by atoms with Gasteiger partial charge in [-0.3, -0.25) is 0 Å². The number of hydrogen-bond donors (Lipinski definition) is 1. The first-order valence-electron chi connectivity index (χ1n) is 5.35. The molecule has 2 aromatic rings. The lowest BCUT2D eigenvalue weighted by atomic mass is 10.1. The molecule has 0 aliphatic rings. The van der Waals surface area contributed by atoms with E-state index in [2.05, 4.69) is 52.5 Å². The Hall–Kier alpha value is -0.290. The highest BCUT2D eigenvalue weighted by molar-refractivity contribution is 9.10. The molecule has 0 radical (unpaired) electrons. The van der Waals surface area contributed by atoms with Crippen molar-refractivity contribution in [2.75, 3.05) is 5.75 Å². The van der Waals surface area contributed by atoms with Crippen molar-refractivity contribution < 1.29 is 0 Å². The minimum absolute atomic E-state index is 0.110. The molecule has 17 heavy (non-hydrogen) atoms. The van der Waals surface area contributed by atoms with Gasteiger partial charge in [0.25, 0.3) is 0 Å². The Bertz CT molecular complexity index is 496. The van der Waals surface area contributed by atoms with Crippen molar-refractivity contribution in [1.82, 2.24) is 0 Å². The zero-order chi connectivity index (χ0) is 12.3. The second-order valence-corrected chi connectivity index (χ2v) is 6.82. The number of hydrogen-bond acceptors (Lipinski definition) is 3. The first-order chi connectivity index (χ1) is 8.18. The predicted molar refractivity (Wildman–Crippen MR) is 80.9 cm³/mol. The summed E-state index contributed by atoms with van der Waals surface area (Å²) in [4.78, 5) is 2.57. The van der Waals surface area contributed by atoms with Crippen LogP contribution in [0.15, 0.2) is 45.1 Å². The summed E-state index contributed by atoms with van der Waals surface area (Å²) in [5.74, 6) is 0.903. The lowest BCUT2D eigenvalue weighted by Crippen LogP contribution is -2.13. The molecule has 0 bridgehead atoms. The molecule has 1 heterocycles. The molecule has 0 amide bonds. The van der Waals surface area contributed by atoms with Gasteiger partial charge in [-0.25, -0.2) is 0 Å². The van der Waals surface area contributed by atoms with Gasteiger partial charge in [0.1, 0.15) is 0 Å². The monoisotopic (exact) mass is 327 g/mol. The van der Waals surface area contributed by atoms with E-state index < -0.39 is 0 Å². The first-order valence-corrected chi connectivity index (χ1v) is 8.01. The lowest BCUT2D eigenvalue weighted by Gasteiger charge is -2.11. The van der Waals surface area contributed by atoms with Gasteiger partial charge in [0, 0.05) is 26.0 Å². The van der Waals surface area contributed by atoms with E-state index in [1.165, 1.54) is 15.3 Å². The summed E-state index contributed by atoms with van der Waals surface area (Å²) < 4.78 is 1.14. The van der Waals surface area contributed by atoms with Crippen LogP contribution in [0.3, 0.4) is 0 Å². The minimum Gasteiger partial charge on any atom is -0.323 e. The van der Waals surface area contributed by atoms with E-state index in [0.29, 0.717) is 0 Å². The average Bonchev–Trinajstić information content (AvgIpc) is 2.74. The molecule has 0 aliphatic carbocycles. The van der Waals surface area contributed by atoms with E-state index in [1.54, 1.807) is 23.1 Å². The molecule has 1 aromatic carbocycles. The van der Waals surface area contributed by atoms with E-state index in [-0.39, 0.29) is 6.04 Å². The summed E-state index contributed by atoms with van der Waals surface area (Å²) in [5.41, 5.74) is 7.48. The first kappa shape index (κ1) is 13.1. The fraction of sp³-hybridized carbons (Fsp3) is 0.231. The molecule has 2 N–H and O–H groups in total. The topological polar surface area (TPSA) is 26.0 Å². The van der Waals surface area contributed by atoms with Crippen LogP contribution in [0, 0.1) is 6.92 Å². The molecule has 0 saturated heterocycles. The molecule has 1 nitrogen and oxygen atoms in total. The third-order valence-electron chi connectivity index (χ3n) is 2.55. The smallest absolute Gasteiger partial charge is 0.0401 e. The molecule has 1 unspecified atom stereocenters. The van der Waals surface area contributed by atoms with Crippen molar-refractivity contribution in [3.63, 3.8) is 0 Å². The van der Waals surface area contributed by atoms with Gasteiger partial charge >= 0.3 is 0 Å². The number of thiophene rings is 1. The average molecular weight is 328 g/mol. The van der Waals surface area contributed by atoms with Gasteiger partial charge in [-0.2, -0.15) is 0 Å². The summed E-state index contributed by atoms with van der Waals surface area (Å²) in [6, 6.07) is 10.5. The Balaban J connectivity index is 2.00. The summed E-state index contributed by atoms with van der Waals surface area (Å²) in [5, 5.41) is 2.10. The highest BCUT2D eigenvalue weighted by Crippen LogP contribution is 2.31. The Kier molecular flexibility index (Phi) is 4.68. The normalized spacial score (nSPS) is 12.6. The van der Waals surface area contributed by atoms with Crippen molar-refractivity contribution in [3.8, 4) is 0 Å². The molecule has 4 heteroatoms. The highest BCUT2D eigenvalue weighted by Gasteiger charge is 2.11. The Morgan fingerprint density at radius 2 is 2.12 bits per heavy atom. The largest absolute Gasteiger partial charge is 0.323 e. The van der Waals surface area contributed by atoms with Crippen LogP contribution in [0.2, 0.25) is 0 Å². The maximum Gasteiger partial charge on any atom is 0.0401 e. The number of halogens is 1. The molecule has 1 atom stereocenters. The van der Waals surface area contributed by atoms with Crippen LogP contribution in [0.25, 0.3) is 0 Å². The summed E-state index contributed by atoms with van der Waals surface area (Å²) in [7, 11) is 0. The number of nitrogens with two attached hydrogens (primary N) is 1. The van der Waals surface area contributed by atoms with Gasteiger partial charge < -0.3 is 5.73 Å². The Labute approximate surface area is 119 Å². The molecule has 0 saturated carbocycles. The maximum atomic E-state index is 6.21. The third kappa shape index (κ3) is 3.35. The van der Waals surface area contributed by atoms with E-state index in [9.17, 15) is 0 Å². The molecular formula is C13H14BrNS2. The molecular weight excluding hydrogens is 314 g/mol. The van der Waals surface area contributed by atoms with Crippen LogP contribution in [-0.2, 0) is 0 Å². The second-order valence-electron chi connectivity index (χ2n) is 3.78.